The van der Waals surface area contributed by atoms with E-state index in [4.69, 9.17) is 9.47 Å². The molecule has 2 rings (SSSR count). The molecule has 0 aliphatic carbocycles. The van der Waals surface area contributed by atoms with Gasteiger partial charge in [-0.3, -0.25) is 4.79 Å². The van der Waals surface area contributed by atoms with E-state index >= 15 is 0 Å². The zero-order valence-electron chi connectivity index (χ0n) is 12.9. The summed E-state index contributed by atoms with van der Waals surface area (Å²) in [6.07, 6.45) is 2.73. The van der Waals surface area contributed by atoms with Crippen molar-refractivity contribution in [3.8, 4) is 5.88 Å². The molecular formula is C15H21N3O4. The van der Waals surface area contributed by atoms with Gasteiger partial charge in [-0.2, -0.15) is 0 Å². The number of amides is 2. The van der Waals surface area contributed by atoms with Gasteiger partial charge in [0.25, 0.3) is 0 Å². The van der Waals surface area contributed by atoms with Gasteiger partial charge in [0.2, 0.25) is 11.8 Å². The Morgan fingerprint density at radius 3 is 2.91 bits per heavy atom. The summed E-state index contributed by atoms with van der Waals surface area (Å²) in [5.41, 5.74) is 0.610. The Morgan fingerprint density at radius 2 is 2.27 bits per heavy atom. The van der Waals surface area contributed by atoms with Gasteiger partial charge < -0.3 is 19.7 Å². The van der Waals surface area contributed by atoms with E-state index in [1.165, 1.54) is 7.11 Å². The number of pyridine rings is 1. The van der Waals surface area contributed by atoms with Gasteiger partial charge in [0.05, 0.1) is 31.5 Å². The number of aromatic nitrogens is 1. The molecule has 1 saturated heterocycles. The Labute approximate surface area is 129 Å². The summed E-state index contributed by atoms with van der Waals surface area (Å²) in [4.78, 5) is 29.7. The molecule has 0 spiro atoms. The standard InChI is InChI=1S/C15H21N3O4/c1-3-22-15(20)18-8-4-5-11(10-18)14(19)17-12-6-7-13(21-2)16-9-12/h6-7,9,11H,3-5,8,10H2,1-2H3,(H,17,19). The second kappa shape index (κ2) is 7.63. The number of likely N-dealkylation sites (tertiary alicyclic amines) is 1. The minimum absolute atomic E-state index is 0.110. The molecule has 1 aromatic heterocycles. The predicted molar refractivity (Wildman–Crippen MR) is 80.7 cm³/mol. The van der Waals surface area contributed by atoms with Crippen molar-refractivity contribution in [1.29, 1.82) is 0 Å². The van der Waals surface area contributed by atoms with Crippen molar-refractivity contribution in [2.24, 2.45) is 5.92 Å². The lowest BCUT2D eigenvalue weighted by molar-refractivity contribution is -0.121. The van der Waals surface area contributed by atoms with E-state index in [-0.39, 0.29) is 17.9 Å². The average Bonchev–Trinajstić information content (AvgIpc) is 2.56. The normalized spacial score (nSPS) is 17.7. The van der Waals surface area contributed by atoms with Crippen LogP contribution in [-0.2, 0) is 9.53 Å². The van der Waals surface area contributed by atoms with Crippen LogP contribution in [0.2, 0.25) is 0 Å². The third-order valence-electron chi connectivity index (χ3n) is 3.53. The van der Waals surface area contributed by atoms with Gasteiger partial charge in [-0.15, -0.1) is 0 Å². The van der Waals surface area contributed by atoms with E-state index < -0.39 is 0 Å². The van der Waals surface area contributed by atoms with Crippen molar-refractivity contribution in [3.05, 3.63) is 18.3 Å². The van der Waals surface area contributed by atoms with Crippen LogP contribution in [-0.4, -0.2) is 48.7 Å². The maximum Gasteiger partial charge on any atom is 0.409 e. The first-order chi connectivity index (χ1) is 10.6. The van der Waals surface area contributed by atoms with E-state index in [0.717, 1.165) is 12.8 Å². The van der Waals surface area contributed by atoms with E-state index in [0.29, 0.717) is 31.3 Å². The fourth-order valence-electron chi connectivity index (χ4n) is 2.39. The highest BCUT2D eigenvalue weighted by Crippen LogP contribution is 2.20. The number of piperidine rings is 1. The number of rotatable bonds is 4. The summed E-state index contributed by atoms with van der Waals surface area (Å²) in [6, 6.07) is 3.41. The number of nitrogens with zero attached hydrogens (tertiary/aromatic N) is 2. The van der Waals surface area contributed by atoms with Gasteiger partial charge >= 0.3 is 6.09 Å². The van der Waals surface area contributed by atoms with Crippen LogP contribution in [0, 0.1) is 5.92 Å². The molecule has 2 heterocycles. The van der Waals surface area contributed by atoms with Crippen molar-refractivity contribution in [1.82, 2.24) is 9.88 Å². The summed E-state index contributed by atoms with van der Waals surface area (Å²) in [6.45, 7) is 3.12. The topological polar surface area (TPSA) is 80.8 Å². The Bertz CT molecular complexity index is 518. The molecule has 2 amide bonds. The highest BCUT2D eigenvalue weighted by Gasteiger charge is 2.29. The molecule has 7 nitrogen and oxygen atoms in total. The van der Waals surface area contributed by atoms with Crippen LogP contribution in [0.3, 0.4) is 0 Å². The van der Waals surface area contributed by atoms with Crippen molar-refractivity contribution in [2.45, 2.75) is 19.8 Å². The second-order valence-corrected chi connectivity index (χ2v) is 5.06. The molecule has 120 valence electrons. The molecular weight excluding hydrogens is 286 g/mol. The molecule has 1 atom stereocenters. The third kappa shape index (κ3) is 4.09. The molecule has 7 heteroatoms. The number of nitrogens with one attached hydrogen (secondary N) is 1. The number of carbonyl (C=O) groups excluding carboxylic acids is 2. The smallest absolute Gasteiger partial charge is 0.409 e. The highest BCUT2D eigenvalue weighted by molar-refractivity contribution is 5.92. The molecule has 1 N–H and O–H groups in total. The number of hydrogen-bond donors (Lipinski definition) is 1. The zero-order chi connectivity index (χ0) is 15.9. The Balaban J connectivity index is 1.92. The molecule has 0 aromatic carbocycles. The quantitative estimate of drug-likeness (QED) is 0.919. The fraction of sp³-hybridized carbons (Fsp3) is 0.533. The molecule has 1 aliphatic heterocycles. The van der Waals surface area contributed by atoms with E-state index in [1.54, 1.807) is 30.2 Å². The van der Waals surface area contributed by atoms with E-state index in [9.17, 15) is 9.59 Å². The molecule has 0 saturated carbocycles. The summed E-state index contributed by atoms with van der Waals surface area (Å²) < 4.78 is 9.96. The van der Waals surface area contributed by atoms with Crippen LogP contribution in [0.15, 0.2) is 18.3 Å². The Hall–Kier alpha value is -2.31. The summed E-state index contributed by atoms with van der Waals surface area (Å²) in [5, 5.41) is 2.82. The van der Waals surface area contributed by atoms with Gasteiger partial charge in [-0.05, 0) is 25.8 Å². The fourth-order valence-corrected chi connectivity index (χ4v) is 2.39. The average molecular weight is 307 g/mol. The van der Waals surface area contributed by atoms with Gasteiger partial charge in [0.1, 0.15) is 0 Å². The lowest BCUT2D eigenvalue weighted by Crippen LogP contribution is -2.44. The molecule has 1 fully saturated rings. The van der Waals surface area contributed by atoms with Crippen LogP contribution in [0.1, 0.15) is 19.8 Å². The third-order valence-corrected chi connectivity index (χ3v) is 3.53. The first kappa shape index (κ1) is 16.1. The lowest BCUT2D eigenvalue weighted by Gasteiger charge is -2.31. The first-order valence-corrected chi connectivity index (χ1v) is 7.36. The number of carbonyl (C=O) groups is 2. The van der Waals surface area contributed by atoms with E-state index in [2.05, 4.69) is 10.3 Å². The van der Waals surface area contributed by atoms with Gasteiger partial charge in [-0.1, -0.05) is 0 Å². The van der Waals surface area contributed by atoms with E-state index in [1.807, 2.05) is 0 Å². The summed E-state index contributed by atoms with van der Waals surface area (Å²) in [7, 11) is 1.53. The second-order valence-electron chi connectivity index (χ2n) is 5.06. The zero-order valence-corrected chi connectivity index (χ0v) is 12.9. The molecule has 0 radical (unpaired) electrons. The minimum atomic E-state index is -0.355. The number of anilines is 1. The van der Waals surface area contributed by atoms with Crippen LogP contribution in [0.4, 0.5) is 10.5 Å². The molecule has 22 heavy (non-hydrogen) atoms. The maximum absolute atomic E-state index is 12.3. The minimum Gasteiger partial charge on any atom is -0.481 e. The van der Waals surface area contributed by atoms with Crippen molar-refractivity contribution in [3.63, 3.8) is 0 Å². The summed E-state index contributed by atoms with van der Waals surface area (Å²) >= 11 is 0. The van der Waals surface area contributed by atoms with Gasteiger partial charge in [0.15, 0.2) is 0 Å². The Morgan fingerprint density at radius 1 is 1.45 bits per heavy atom. The first-order valence-electron chi connectivity index (χ1n) is 7.36. The van der Waals surface area contributed by atoms with Crippen LogP contribution < -0.4 is 10.1 Å². The summed E-state index contributed by atoms with van der Waals surface area (Å²) in [5.74, 6) is 0.144. The van der Waals surface area contributed by atoms with Crippen LogP contribution in [0.5, 0.6) is 5.88 Å². The molecule has 1 aromatic rings. The van der Waals surface area contributed by atoms with Gasteiger partial charge in [0, 0.05) is 19.2 Å². The molecule has 1 aliphatic rings. The van der Waals surface area contributed by atoms with Crippen molar-refractivity contribution in [2.75, 3.05) is 32.1 Å². The largest absolute Gasteiger partial charge is 0.481 e. The molecule has 0 bridgehead atoms. The molecule has 1 unspecified atom stereocenters. The monoisotopic (exact) mass is 307 g/mol. The number of ether oxygens (including phenoxy) is 2. The Kier molecular flexibility index (Phi) is 5.57. The maximum atomic E-state index is 12.3. The van der Waals surface area contributed by atoms with Crippen molar-refractivity contribution >= 4 is 17.7 Å². The lowest BCUT2D eigenvalue weighted by atomic mass is 9.97. The van der Waals surface area contributed by atoms with Crippen LogP contribution >= 0.6 is 0 Å². The predicted octanol–water partition coefficient (Wildman–Crippen LogP) is 1.90. The number of hydrogen-bond acceptors (Lipinski definition) is 5. The van der Waals surface area contributed by atoms with Crippen molar-refractivity contribution < 1.29 is 19.1 Å². The SMILES string of the molecule is CCOC(=O)N1CCCC(C(=O)Nc2ccc(OC)nc2)C1. The van der Waals surface area contributed by atoms with Gasteiger partial charge in [-0.25, -0.2) is 9.78 Å². The number of methoxy groups -OCH3 is 1. The highest BCUT2D eigenvalue weighted by atomic mass is 16.6. The van der Waals surface area contributed by atoms with Crippen LogP contribution in [0.25, 0.3) is 0 Å².